The molecular weight excluding hydrogens is 1010 g/mol. The van der Waals surface area contributed by atoms with Gasteiger partial charge in [0.1, 0.15) is 0 Å². The molecule has 3 heterocycles. The molecule has 1 fully saturated rings. The Morgan fingerprint density at radius 2 is 0.734 bits per heavy atom. The van der Waals surface area contributed by atoms with Crippen LogP contribution in [0.4, 0.5) is 0 Å². The molecule has 0 nitrogen and oxygen atoms in total. The lowest BCUT2D eigenvalue weighted by Crippen LogP contribution is -2.23. The zero-order valence-corrected chi connectivity index (χ0v) is 49.3. The van der Waals surface area contributed by atoms with Gasteiger partial charge in [-0.05, 0) is 186 Å². The van der Waals surface area contributed by atoms with Crippen LogP contribution in [0.5, 0.6) is 0 Å². The number of benzene rings is 10. The maximum atomic E-state index is 2.75. The van der Waals surface area contributed by atoms with Crippen LogP contribution in [0.1, 0.15) is 177 Å². The standard InChI is InChI=1S/C76H76S3/c1-3-5-7-9-11-13-15-17-25-47-33-37-56-52-29-21-23-31-54(52)61-43-66-69(45-63(61)59(56)39-47)79-76-72(66)74-71(65-42-58-50(41-68(65)77-74)36-35-49-27-19-20-28-51(49)58)75-73(76)67-44-62-55-32-24-22-30-53(55)57-38-34-48(26-18-16-14-12-10-8-6-4-2)40-60(57)64(62)46-70(67)78-75/h21-24,29-34,37-46,49,51H,3-20,25-28,35-36H2,1-2H3. The van der Waals surface area contributed by atoms with Gasteiger partial charge < -0.3 is 0 Å². The van der Waals surface area contributed by atoms with E-state index in [0.29, 0.717) is 5.92 Å². The first-order valence-electron chi connectivity index (χ1n) is 31.4. The van der Waals surface area contributed by atoms with E-state index in [1.807, 2.05) is 0 Å². The van der Waals surface area contributed by atoms with Gasteiger partial charge in [0.25, 0.3) is 0 Å². The van der Waals surface area contributed by atoms with Gasteiger partial charge in [-0.3, -0.25) is 0 Å². The lowest BCUT2D eigenvalue weighted by atomic mass is 9.68. The van der Waals surface area contributed by atoms with Gasteiger partial charge in [-0.25, -0.2) is 0 Å². The molecule has 2 unspecified atom stereocenters. The highest BCUT2D eigenvalue weighted by Crippen LogP contribution is 2.56. The average molecular weight is 1090 g/mol. The third kappa shape index (κ3) is 8.76. The predicted octanol–water partition coefficient (Wildman–Crippen LogP) is 25.3. The van der Waals surface area contributed by atoms with Gasteiger partial charge in [0, 0.05) is 60.5 Å². The Balaban J connectivity index is 0.947. The Morgan fingerprint density at radius 1 is 0.342 bits per heavy atom. The Labute approximate surface area is 479 Å². The van der Waals surface area contributed by atoms with Crippen molar-refractivity contribution in [1.29, 1.82) is 0 Å². The van der Waals surface area contributed by atoms with E-state index >= 15 is 0 Å². The van der Waals surface area contributed by atoms with E-state index in [-0.39, 0.29) is 0 Å². The maximum absolute atomic E-state index is 2.75. The third-order valence-electron chi connectivity index (χ3n) is 19.8. The monoisotopic (exact) mass is 1080 g/mol. The first kappa shape index (κ1) is 50.4. The summed E-state index contributed by atoms with van der Waals surface area (Å²) in [5, 5.41) is 25.6. The van der Waals surface area contributed by atoms with E-state index in [9.17, 15) is 0 Å². The minimum Gasteiger partial charge on any atom is -0.134 e. The fraction of sp³-hybridized carbons (Fsp3) is 0.368. The van der Waals surface area contributed by atoms with Gasteiger partial charge in [0.05, 0.1) is 0 Å². The fourth-order valence-corrected chi connectivity index (χ4v) is 19.8. The molecule has 2 aliphatic carbocycles. The molecule has 0 aliphatic heterocycles. The number of rotatable bonds is 18. The molecule has 3 aromatic heterocycles. The van der Waals surface area contributed by atoms with E-state index in [2.05, 4.69) is 169 Å². The van der Waals surface area contributed by atoms with E-state index < -0.39 is 0 Å². The van der Waals surface area contributed by atoms with Crippen LogP contribution in [0.3, 0.4) is 0 Å². The van der Waals surface area contributed by atoms with E-state index in [4.69, 9.17) is 0 Å². The highest BCUT2D eigenvalue weighted by atomic mass is 32.1. The first-order valence-corrected chi connectivity index (χ1v) is 33.8. The van der Waals surface area contributed by atoms with Gasteiger partial charge in [-0.1, -0.05) is 202 Å². The summed E-state index contributed by atoms with van der Waals surface area (Å²) < 4.78 is 8.81. The Morgan fingerprint density at radius 3 is 1.23 bits per heavy atom. The van der Waals surface area contributed by atoms with Crippen molar-refractivity contribution in [3.05, 3.63) is 144 Å². The summed E-state index contributed by atoms with van der Waals surface area (Å²) >= 11 is 6.27. The SMILES string of the molecule is CCCCCCCCCCc1ccc2c3ccccc3c3cc4c(cc3c2c1)sc1c2c3cc5c(cc3sc2c2c3cc6c7ccccc7c7ccc(CCCCCCCCCC)cc7c6cc3sc2c41)CCC1CCCCC51. The summed E-state index contributed by atoms with van der Waals surface area (Å²) in [4.78, 5) is 0. The lowest BCUT2D eigenvalue weighted by molar-refractivity contribution is 0.276. The molecule has 3 heteroatoms. The maximum Gasteiger partial charge on any atom is 0.0463 e. The summed E-state index contributed by atoms with van der Waals surface area (Å²) in [6.45, 7) is 4.63. The zero-order chi connectivity index (χ0) is 52.6. The minimum absolute atomic E-state index is 0.711. The van der Waals surface area contributed by atoms with Crippen molar-refractivity contribution in [3.8, 4) is 0 Å². The number of fused-ring (bicyclic) bond motifs is 27. The lowest BCUT2D eigenvalue weighted by Gasteiger charge is -2.37. The van der Waals surface area contributed by atoms with Crippen LogP contribution in [0.2, 0.25) is 0 Å². The second-order valence-electron chi connectivity index (χ2n) is 24.7. The van der Waals surface area contributed by atoms with Gasteiger partial charge in [-0.15, -0.1) is 34.0 Å². The van der Waals surface area contributed by atoms with Crippen molar-refractivity contribution in [2.45, 2.75) is 174 Å². The van der Waals surface area contributed by atoms with Gasteiger partial charge in [-0.2, -0.15) is 0 Å². The molecule has 0 spiro atoms. The van der Waals surface area contributed by atoms with Crippen LogP contribution in [0, 0.1) is 5.92 Å². The molecule has 0 amide bonds. The van der Waals surface area contributed by atoms with Gasteiger partial charge >= 0.3 is 0 Å². The van der Waals surface area contributed by atoms with Crippen LogP contribution >= 0.6 is 34.0 Å². The molecule has 398 valence electrons. The van der Waals surface area contributed by atoms with Crippen LogP contribution in [-0.2, 0) is 19.3 Å². The largest absolute Gasteiger partial charge is 0.134 e. The van der Waals surface area contributed by atoms with Crippen molar-refractivity contribution in [3.63, 3.8) is 0 Å². The normalized spacial score (nSPS) is 16.1. The summed E-state index contributed by atoms with van der Waals surface area (Å²) in [6, 6.07) is 49.5. The molecule has 10 aromatic carbocycles. The van der Waals surface area contributed by atoms with Crippen molar-refractivity contribution in [2.75, 3.05) is 0 Å². The second kappa shape index (κ2) is 21.4. The minimum atomic E-state index is 0.711. The number of unbranched alkanes of at least 4 members (excludes halogenated alkanes) is 14. The fourth-order valence-electron chi connectivity index (χ4n) is 15.7. The molecule has 0 bridgehead atoms. The van der Waals surface area contributed by atoms with Gasteiger partial charge in [0.2, 0.25) is 0 Å². The van der Waals surface area contributed by atoms with Crippen molar-refractivity contribution < 1.29 is 0 Å². The van der Waals surface area contributed by atoms with Gasteiger partial charge in [0.15, 0.2) is 0 Å². The Bertz CT molecular complexity index is 4500. The summed E-state index contributed by atoms with van der Waals surface area (Å²) in [5.74, 6) is 1.56. The smallest absolute Gasteiger partial charge is 0.0463 e. The topological polar surface area (TPSA) is 0 Å². The van der Waals surface area contributed by atoms with Crippen molar-refractivity contribution in [1.82, 2.24) is 0 Å². The van der Waals surface area contributed by atoms with E-state index in [0.717, 1.165) is 18.8 Å². The van der Waals surface area contributed by atoms with Crippen LogP contribution in [0.15, 0.2) is 121 Å². The number of aryl methyl sites for hydroxylation is 3. The molecule has 79 heavy (non-hydrogen) atoms. The summed E-state index contributed by atoms with van der Waals surface area (Å²) in [5.41, 5.74) is 6.30. The van der Waals surface area contributed by atoms with E-state index in [1.54, 1.807) is 11.1 Å². The summed E-state index contributed by atoms with van der Waals surface area (Å²) in [6.07, 6.45) is 32.1. The van der Waals surface area contributed by atoms with Crippen LogP contribution in [-0.4, -0.2) is 0 Å². The molecule has 0 N–H and O–H groups in total. The molecular formula is C76H76S3. The molecule has 2 atom stereocenters. The third-order valence-corrected chi connectivity index (χ3v) is 23.3. The Hall–Kier alpha value is -5.58. The van der Waals surface area contributed by atoms with Crippen molar-refractivity contribution in [2.24, 2.45) is 5.92 Å². The summed E-state index contributed by atoms with van der Waals surface area (Å²) in [7, 11) is 0. The molecule has 13 aromatic rings. The molecule has 1 saturated carbocycles. The first-order chi connectivity index (χ1) is 39.1. The molecule has 2 aliphatic rings. The average Bonchev–Trinajstić information content (AvgIpc) is 3.29. The molecule has 15 rings (SSSR count). The number of thiophene rings is 3. The highest BCUT2D eigenvalue weighted by Gasteiger charge is 2.33. The molecule has 0 saturated heterocycles. The zero-order valence-electron chi connectivity index (χ0n) is 46.9. The second-order valence-corrected chi connectivity index (χ2v) is 27.9. The van der Waals surface area contributed by atoms with Crippen LogP contribution < -0.4 is 0 Å². The molecule has 0 radical (unpaired) electrons. The van der Waals surface area contributed by atoms with Crippen molar-refractivity contribution >= 4 is 159 Å². The van der Waals surface area contributed by atoms with Crippen LogP contribution in [0.25, 0.3) is 125 Å². The number of hydrogen-bond acceptors (Lipinski definition) is 3. The Kier molecular flexibility index (Phi) is 13.6. The predicted molar refractivity (Wildman–Crippen MR) is 356 cm³/mol. The highest BCUT2D eigenvalue weighted by molar-refractivity contribution is 7.34. The quantitative estimate of drug-likeness (QED) is 0.0593. The van der Waals surface area contributed by atoms with E-state index in [1.165, 1.54) is 278 Å². The number of hydrogen-bond donors (Lipinski definition) is 0.